The Kier molecular flexibility index (Phi) is 4.12. The van der Waals surface area contributed by atoms with Crippen LogP contribution in [0.15, 0.2) is 30.7 Å². The molecular weight excluding hydrogens is 214 g/mol. The van der Waals surface area contributed by atoms with Gasteiger partial charge in [-0.1, -0.05) is 18.2 Å². The molecule has 5 heteroatoms. The van der Waals surface area contributed by atoms with Crippen molar-refractivity contribution in [3.8, 4) is 0 Å². The Morgan fingerprint density at radius 3 is 3.00 bits per heavy atom. The molecule has 0 spiro atoms. The van der Waals surface area contributed by atoms with Crippen LogP contribution in [0.25, 0.3) is 0 Å². The summed E-state index contributed by atoms with van der Waals surface area (Å²) in [5.74, 6) is 0.118. The van der Waals surface area contributed by atoms with E-state index in [4.69, 9.17) is 11.6 Å². The molecule has 0 radical (unpaired) electrons. The van der Waals surface area contributed by atoms with Gasteiger partial charge in [0.05, 0.1) is 5.82 Å². The molecule has 0 fully saturated rings. The third-order valence-electron chi connectivity index (χ3n) is 1.61. The van der Waals surface area contributed by atoms with Crippen LogP contribution in [0.1, 0.15) is 17.4 Å². The van der Waals surface area contributed by atoms with E-state index < -0.39 is 0 Å². The summed E-state index contributed by atoms with van der Waals surface area (Å²) in [4.78, 5) is 15.4. The average Bonchev–Trinajstić information content (AvgIpc) is 2.18. The first kappa shape index (κ1) is 11.5. The Hall–Kier alpha value is -1.55. The minimum absolute atomic E-state index is 0.265. The number of carbonyl (C=O) groups excluding carboxylic acids is 1. The Bertz CT molecular complexity index is 379. The van der Waals surface area contributed by atoms with Gasteiger partial charge in [-0.2, -0.15) is 0 Å². The van der Waals surface area contributed by atoms with E-state index >= 15 is 0 Å². The summed E-state index contributed by atoms with van der Waals surface area (Å²) in [5, 5.41) is 5.91. The van der Waals surface area contributed by atoms with Crippen molar-refractivity contribution in [2.75, 3.05) is 6.54 Å². The van der Waals surface area contributed by atoms with Crippen LogP contribution in [0.2, 0.25) is 5.02 Å². The summed E-state index contributed by atoms with van der Waals surface area (Å²) in [7, 11) is 0. The van der Waals surface area contributed by atoms with Crippen LogP contribution >= 0.6 is 11.6 Å². The average molecular weight is 226 g/mol. The third kappa shape index (κ3) is 3.59. The first-order valence-electron chi connectivity index (χ1n) is 4.49. The second-order valence-electron chi connectivity index (χ2n) is 2.82. The van der Waals surface area contributed by atoms with Crippen LogP contribution < -0.4 is 10.6 Å². The maximum Gasteiger partial charge on any atom is 0.275 e. The molecule has 0 atom stereocenters. The van der Waals surface area contributed by atoms with Crippen molar-refractivity contribution in [1.82, 2.24) is 15.6 Å². The van der Waals surface area contributed by atoms with Crippen molar-refractivity contribution < 1.29 is 4.79 Å². The number of hydrogen-bond donors (Lipinski definition) is 2. The molecule has 0 aliphatic heterocycles. The van der Waals surface area contributed by atoms with E-state index in [9.17, 15) is 4.79 Å². The number of nitrogens with zero attached hydrogens (tertiary/aromatic N) is 1. The third-order valence-corrected chi connectivity index (χ3v) is 1.84. The van der Waals surface area contributed by atoms with Crippen LogP contribution in [-0.4, -0.2) is 17.4 Å². The molecule has 0 unspecified atom stereocenters. The molecule has 0 aliphatic carbocycles. The van der Waals surface area contributed by atoms with Gasteiger partial charge in [-0.3, -0.25) is 9.78 Å². The van der Waals surface area contributed by atoms with Gasteiger partial charge in [0.2, 0.25) is 0 Å². The molecule has 0 saturated heterocycles. The summed E-state index contributed by atoms with van der Waals surface area (Å²) in [6.45, 7) is 6.24. The van der Waals surface area contributed by atoms with Gasteiger partial charge in [0.1, 0.15) is 5.69 Å². The van der Waals surface area contributed by atoms with Crippen molar-refractivity contribution in [3.05, 3.63) is 41.4 Å². The van der Waals surface area contributed by atoms with E-state index in [2.05, 4.69) is 22.2 Å². The maximum absolute atomic E-state index is 11.5. The van der Waals surface area contributed by atoms with E-state index in [0.717, 1.165) is 0 Å². The molecule has 80 valence electrons. The highest BCUT2D eigenvalue weighted by molar-refractivity contribution is 6.30. The van der Waals surface area contributed by atoms with E-state index in [1.165, 1.54) is 12.3 Å². The molecule has 0 saturated carbocycles. The maximum atomic E-state index is 11.5. The smallest absolute Gasteiger partial charge is 0.275 e. The molecule has 15 heavy (non-hydrogen) atoms. The quantitative estimate of drug-likeness (QED) is 0.818. The topological polar surface area (TPSA) is 54.0 Å². The Morgan fingerprint density at radius 1 is 1.67 bits per heavy atom. The number of rotatable bonds is 4. The fourth-order valence-electron chi connectivity index (χ4n) is 0.988. The van der Waals surface area contributed by atoms with Crippen molar-refractivity contribution in [2.45, 2.75) is 6.92 Å². The van der Waals surface area contributed by atoms with Gasteiger partial charge in [-0.25, -0.2) is 0 Å². The fourth-order valence-corrected chi connectivity index (χ4v) is 1.15. The minimum Gasteiger partial charge on any atom is -0.372 e. The highest BCUT2D eigenvalue weighted by atomic mass is 35.5. The van der Waals surface area contributed by atoms with Crippen LogP contribution in [-0.2, 0) is 0 Å². The number of aromatic nitrogens is 1. The van der Waals surface area contributed by atoms with Gasteiger partial charge in [0.25, 0.3) is 5.91 Å². The lowest BCUT2D eigenvalue weighted by molar-refractivity contribution is 0.0958. The van der Waals surface area contributed by atoms with Crippen molar-refractivity contribution in [3.63, 3.8) is 0 Å². The standard InChI is InChI=1S/C10H12ClN3O/c1-3-12-7(2)14-10(15)9-6-8(11)4-5-13-9/h4-6,12H,2-3H2,1H3,(H,14,15). The predicted molar refractivity (Wildman–Crippen MR) is 59.5 cm³/mol. The first-order valence-corrected chi connectivity index (χ1v) is 4.87. The molecule has 0 aliphatic rings. The molecule has 4 nitrogen and oxygen atoms in total. The number of hydrogen-bond acceptors (Lipinski definition) is 3. The first-order chi connectivity index (χ1) is 7.13. The van der Waals surface area contributed by atoms with Gasteiger partial charge in [-0.15, -0.1) is 0 Å². The SMILES string of the molecule is C=C(NCC)NC(=O)c1cc(Cl)ccn1. The number of halogens is 1. The lowest BCUT2D eigenvalue weighted by atomic mass is 10.3. The van der Waals surface area contributed by atoms with E-state index in [-0.39, 0.29) is 11.6 Å². The lowest BCUT2D eigenvalue weighted by Gasteiger charge is -2.08. The van der Waals surface area contributed by atoms with Crippen LogP contribution in [0.4, 0.5) is 0 Å². The molecule has 0 bridgehead atoms. The Balaban J connectivity index is 2.65. The molecule has 1 heterocycles. The second-order valence-corrected chi connectivity index (χ2v) is 3.26. The normalized spacial score (nSPS) is 9.47. The molecule has 1 aromatic rings. The van der Waals surface area contributed by atoms with E-state index in [1.807, 2.05) is 6.92 Å². The van der Waals surface area contributed by atoms with Gasteiger partial charge in [0.15, 0.2) is 0 Å². The van der Waals surface area contributed by atoms with Crippen LogP contribution in [0, 0.1) is 0 Å². The zero-order valence-electron chi connectivity index (χ0n) is 8.38. The summed E-state index contributed by atoms with van der Waals surface area (Å²) in [6.07, 6.45) is 1.48. The van der Waals surface area contributed by atoms with Gasteiger partial charge < -0.3 is 10.6 Å². The van der Waals surface area contributed by atoms with Gasteiger partial charge in [-0.05, 0) is 19.1 Å². The Morgan fingerprint density at radius 2 is 2.40 bits per heavy atom. The number of carbonyl (C=O) groups is 1. The zero-order valence-corrected chi connectivity index (χ0v) is 9.14. The van der Waals surface area contributed by atoms with Gasteiger partial charge >= 0.3 is 0 Å². The molecule has 0 aromatic carbocycles. The highest BCUT2D eigenvalue weighted by Gasteiger charge is 2.07. The number of nitrogens with one attached hydrogen (secondary N) is 2. The summed E-state index contributed by atoms with van der Waals surface area (Å²) < 4.78 is 0. The zero-order chi connectivity index (χ0) is 11.3. The van der Waals surface area contributed by atoms with Crippen molar-refractivity contribution in [2.24, 2.45) is 0 Å². The summed E-state index contributed by atoms with van der Waals surface area (Å²) in [6, 6.07) is 3.10. The minimum atomic E-state index is -0.330. The number of pyridine rings is 1. The molecule has 1 amide bonds. The molecular formula is C10H12ClN3O. The van der Waals surface area contributed by atoms with Crippen LogP contribution in [0.5, 0.6) is 0 Å². The van der Waals surface area contributed by atoms with Crippen molar-refractivity contribution >= 4 is 17.5 Å². The highest BCUT2D eigenvalue weighted by Crippen LogP contribution is 2.07. The van der Waals surface area contributed by atoms with E-state index in [0.29, 0.717) is 17.4 Å². The monoisotopic (exact) mass is 225 g/mol. The summed E-state index contributed by atoms with van der Waals surface area (Å²) >= 11 is 5.73. The number of amides is 1. The van der Waals surface area contributed by atoms with Crippen LogP contribution in [0.3, 0.4) is 0 Å². The molecule has 2 N–H and O–H groups in total. The fraction of sp³-hybridized carbons (Fsp3) is 0.200. The van der Waals surface area contributed by atoms with Crippen molar-refractivity contribution in [1.29, 1.82) is 0 Å². The predicted octanol–water partition coefficient (Wildman–Crippen LogP) is 1.55. The second kappa shape index (κ2) is 5.36. The molecule has 1 aromatic heterocycles. The van der Waals surface area contributed by atoms with E-state index in [1.54, 1.807) is 6.07 Å². The Labute approximate surface area is 93.4 Å². The summed E-state index contributed by atoms with van der Waals surface area (Å²) in [5.41, 5.74) is 0.265. The van der Waals surface area contributed by atoms with Gasteiger partial charge in [0, 0.05) is 17.8 Å². The largest absolute Gasteiger partial charge is 0.372 e. The lowest BCUT2D eigenvalue weighted by Crippen LogP contribution is -2.31. The molecule has 1 rings (SSSR count).